The van der Waals surface area contributed by atoms with E-state index < -0.39 is 0 Å². The molecule has 1 unspecified atom stereocenters. The van der Waals surface area contributed by atoms with Crippen LogP contribution in [0.25, 0.3) is 0 Å². The molecule has 1 aromatic heterocycles. The fourth-order valence-electron chi connectivity index (χ4n) is 4.59. The minimum Gasteiger partial charge on any atom is -0.396 e. The quantitative estimate of drug-likeness (QED) is 0.711. The molecule has 1 aromatic carbocycles. The summed E-state index contributed by atoms with van der Waals surface area (Å²) in [6.45, 7) is 4.79. The number of piperidine rings is 2. The molecule has 2 saturated heterocycles. The van der Waals surface area contributed by atoms with Crippen LogP contribution < -0.4 is 10.2 Å². The van der Waals surface area contributed by atoms with Gasteiger partial charge in [-0.05, 0) is 73.7 Å². The van der Waals surface area contributed by atoms with Gasteiger partial charge in [0.25, 0.3) is 5.91 Å². The van der Waals surface area contributed by atoms with Crippen molar-refractivity contribution in [2.24, 2.45) is 5.92 Å². The molecule has 2 aromatic rings. The van der Waals surface area contributed by atoms with Crippen molar-refractivity contribution >= 4 is 22.9 Å². The van der Waals surface area contributed by atoms with E-state index in [-0.39, 0.29) is 18.4 Å². The number of anilines is 1. The molecular weight excluding hydrogens is 394 g/mol. The van der Waals surface area contributed by atoms with Crippen LogP contribution in [0.1, 0.15) is 40.9 Å². The molecule has 0 bridgehead atoms. The molecule has 0 aliphatic carbocycles. The first kappa shape index (κ1) is 21.3. The Kier molecular flexibility index (Phi) is 7.42. The molecule has 4 rings (SSSR count). The summed E-state index contributed by atoms with van der Waals surface area (Å²) < 4.78 is 0. The average molecular weight is 428 g/mol. The lowest BCUT2D eigenvalue weighted by Crippen LogP contribution is -2.43. The number of rotatable bonds is 7. The third kappa shape index (κ3) is 5.42. The van der Waals surface area contributed by atoms with E-state index in [9.17, 15) is 9.90 Å². The lowest BCUT2D eigenvalue weighted by atomic mass is 9.98. The lowest BCUT2D eigenvalue weighted by molar-refractivity contribution is 0.0620. The highest BCUT2D eigenvalue weighted by molar-refractivity contribution is 7.09. The van der Waals surface area contributed by atoms with Crippen molar-refractivity contribution < 1.29 is 9.90 Å². The van der Waals surface area contributed by atoms with Crippen LogP contribution in [0.4, 0.5) is 5.69 Å². The van der Waals surface area contributed by atoms with Crippen LogP contribution >= 0.6 is 11.3 Å². The van der Waals surface area contributed by atoms with Crippen LogP contribution in [0.3, 0.4) is 0 Å². The molecule has 2 aliphatic rings. The van der Waals surface area contributed by atoms with Gasteiger partial charge in [0.05, 0.1) is 0 Å². The van der Waals surface area contributed by atoms with Crippen LogP contribution in [0, 0.1) is 5.92 Å². The van der Waals surface area contributed by atoms with Gasteiger partial charge in [0.1, 0.15) is 0 Å². The number of nitrogens with zero attached hydrogens (tertiary/aromatic N) is 2. The molecule has 30 heavy (non-hydrogen) atoms. The van der Waals surface area contributed by atoms with Gasteiger partial charge in [-0.1, -0.05) is 6.07 Å². The number of thiophene rings is 1. The largest absolute Gasteiger partial charge is 0.396 e. The first-order valence-corrected chi connectivity index (χ1v) is 12.1. The van der Waals surface area contributed by atoms with Gasteiger partial charge in [0, 0.05) is 61.5 Å². The Bertz CT molecular complexity index is 785. The predicted octanol–water partition coefficient (Wildman–Crippen LogP) is 3.39. The number of nitrogens with one attached hydrogen (secondary N) is 1. The van der Waals surface area contributed by atoms with Gasteiger partial charge in [0.2, 0.25) is 0 Å². The zero-order valence-electron chi connectivity index (χ0n) is 17.6. The fraction of sp³-hybridized carbons (Fsp3) is 0.542. The molecule has 1 atom stereocenters. The molecule has 0 saturated carbocycles. The van der Waals surface area contributed by atoms with E-state index in [0.29, 0.717) is 12.6 Å². The maximum absolute atomic E-state index is 12.8. The number of hydrogen-bond donors (Lipinski definition) is 2. The number of aliphatic hydroxyl groups excluding tert-OH is 1. The summed E-state index contributed by atoms with van der Waals surface area (Å²) in [6.07, 6.45) is 5.41. The normalized spacial score (nSPS) is 20.5. The van der Waals surface area contributed by atoms with Crippen LogP contribution in [-0.4, -0.2) is 61.3 Å². The Morgan fingerprint density at radius 3 is 2.60 bits per heavy atom. The zero-order valence-corrected chi connectivity index (χ0v) is 18.4. The van der Waals surface area contributed by atoms with E-state index in [4.69, 9.17) is 0 Å². The van der Waals surface area contributed by atoms with E-state index in [1.54, 1.807) is 0 Å². The Morgan fingerprint density at radius 1 is 1.10 bits per heavy atom. The lowest BCUT2D eigenvalue weighted by Gasteiger charge is -2.34. The molecular formula is C24H33N3O2S. The molecule has 1 amide bonds. The maximum atomic E-state index is 12.8. The number of likely N-dealkylation sites (tertiary alicyclic amines) is 1. The summed E-state index contributed by atoms with van der Waals surface area (Å²) in [7, 11) is 0. The second kappa shape index (κ2) is 10.4. The number of carbonyl (C=O) groups excluding carboxylic acids is 1. The second-order valence-corrected chi connectivity index (χ2v) is 9.57. The van der Waals surface area contributed by atoms with Crippen molar-refractivity contribution in [3.8, 4) is 0 Å². The first-order valence-electron chi connectivity index (χ1n) is 11.2. The van der Waals surface area contributed by atoms with E-state index in [1.165, 1.54) is 10.6 Å². The molecule has 2 aliphatic heterocycles. The summed E-state index contributed by atoms with van der Waals surface area (Å²) in [6, 6.07) is 13.0. The van der Waals surface area contributed by atoms with Crippen LogP contribution in [-0.2, 0) is 6.42 Å². The molecule has 6 heteroatoms. The van der Waals surface area contributed by atoms with Crippen LogP contribution in [0.15, 0.2) is 41.8 Å². The third-order valence-corrected chi connectivity index (χ3v) is 7.36. The number of benzene rings is 1. The Hall–Kier alpha value is -1.89. The molecule has 5 nitrogen and oxygen atoms in total. The van der Waals surface area contributed by atoms with E-state index in [2.05, 4.69) is 39.9 Å². The molecule has 0 radical (unpaired) electrons. The van der Waals surface area contributed by atoms with Crippen molar-refractivity contribution in [1.82, 2.24) is 10.2 Å². The highest BCUT2D eigenvalue weighted by atomic mass is 32.1. The molecule has 2 fully saturated rings. The third-order valence-electron chi connectivity index (χ3n) is 6.42. The number of carbonyl (C=O) groups is 1. The Labute approximate surface area is 183 Å². The zero-order chi connectivity index (χ0) is 20.8. The first-order chi connectivity index (χ1) is 14.7. The summed E-state index contributed by atoms with van der Waals surface area (Å²) in [5.41, 5.74) is 1.96. The second-order valence-electron chi connectivity index (χ2n) is 8.53. The summed E-state index contributed by atoms with van der Waals surface area (Å²) in [4.78, 5) is 18.6. The highest BCUT2D eigenvalue weighted by Gasteiger charge is 2.24. The summed E-state index contributed by atoms with van der Waals surface area (Å²) in [5.74, 6) is 0.315. The van der Waals surface area contributed by atoms with Gasteiger partial charge in [-0.3, -0.25) is 4.79 Å². The Morgan fingerprint density at radius 2 is 1.90 bits per heavy atom. The van der Waals surface area contributed by atoms with Gasteiger partial charge in [-0.2, -0.15) is 0 Å². The maximum Gasteiger partial charge on any atom is 0.253 e. The topological polar surface area (TPSA) is 55.8 Å². The monoisotopic (exact) mass is 427 g/mol. The van der Waals surface area contributed by atoms with Crippen molar-refractivity contribution in [2.75, 3.05) is 44.2 Å². The predicted molar refractivity (Wildman–Crippen MR) is 123 cm³/mol. The average Bonchev–Trinajstić information content (AvgIpc) is 3.33. The van der Waals surface area contributed by atoms with E-state index in [0.717, 1.165) is 63.8 Å². The molecule has 0 spiro atoms. The standard InChI is InChI=1S/C24H33N3O2S/c28-18-19-3-1-13-27(17-19)24(29)20-5-7-22(8-6-20)26-14-10-21(11-15-26)25-12-9-23-4-2-16-30-23/h2,4-8,16,19,21,25,28H,1,3,9-15,17-18H2. The smallest absolute Gasteiger partial charge is 0.253 e. The fourth-order valence-corrected chi connectivity index (χ4v) is 5.30. The van der Waals surface area contributed by atoms with Crippen LogP contribution in [0.5, 0.6) is 0 Å². The van der Waals surface area contributed by atoms with Gasteiger partial charge >= 0.3 is 0 Å². The minimum atomic E-state index is 0.0911. The minimum absolute atomic E-state index is 0.0911. The van der Waals surface area contributed by atoms with Crippen molar-refractivity contribution in [2.45, 2.75) is 38.1 Å². The summed E-state index contributed by atoms with van der Waals surface area (Å²) >= 11 is 1.83. The molecule has 3 heterocycles. The highest BCUT2D eigenvalue weighted by Crippen LogP contribution is 2.23. The van der Waals surface area contributed by atoms with Crippen molar-refractivity contribution in [1.29, 1.82) is 0 Å². The SMILES string of the molecule is O=C(c1ccc(N2CCC(NCCc3cccs3)CC2)cc1)N1CCCC(CO)C1. The van der Waals surface area contributed by atoms with Gasteiger partial charge in [0.15, 0.2) is 0 Å². The molecule has 2 N–H and O–H groups in total. The summed E-state index contributed by atoms with van der Waals surface area (Å²) in [5, 5.41) is 15.3. The van der Waals surface area contributed by atoms with Gasteiger partial charge in [-0.25, -0.2) is 0 Å². The Balaban J connectivity index is 1.24. The van der Waals surface area contributed by atoms with Crippen molar-refractivity contribution in [3.05, 3.63) is 52.2 Å². The van der Waals surface area contributed by atoms with Gasteiger partial charge in [-0.15, -0.1) is 11.3 Å². The number of aliphatic hydroxyl groups is 1. The van der Waals surface area contributed by atoms with Crippen LogP contribution in [0.2, 0.25) is 0 Å². The van der Waals surface area contributed by atoms with Gasteiger partial charge < -0.3 is 20.2 Å². The van der Waals surface area contributed by atoms with Crippen molar-refractivity contribution in [3.63, 3.8) is 0 Å². The number of amides is 1. The van der Waals surface area contributed by atoms with E-state index >= 15 is 0 Å². The van der Waals surface area contributed by atoms with E-state index in [1.807, 2.05) is 28.4 Å². The molecule has 162 valence electrons. The number of hydrogen-bond acceptors (Lipinski definition) is 5.